The quantitative estimate of drug-likeness (QED) is 0.422. The molecule has 0 spiro atoms. The molecule has 0 radical (unpaired) electrons. The first kappa shape index (κ1) is 22.9. The van der Waals surface area contributed by atoms with E-state index in [4.69, 9.17) is 4.74 Å². The number of esters is 1. The van der Waals surface area contributed by atoms with E-state index in [0.29, 0.717) is 16.5 Å². The summed E-state index contributed by atoms with van der Waals surface area (Å²) in [6.45, 7) is 3.75. The topological polar surface area (TPSA) is 90.3 Å². The van der Waals surface area contributed by atoms with Gasteiger partial charge in [0.2, 0.25) is 0 Å². The molecule has 1 heterocycles. The van der Waals surface area contributed by atoms with Gasteiger partial charge in [-0.25, -0.2) is 9.48 Å². The zero-order chi connectivity index (χ0) is 24.1. The van der Waals surface area contributed by atoms with Crippen molar-refractivity contribution in [2.24, 2.45) is 0 Å². The second kappa shape index (κ2) is 10.1. The average molecular weight is 456 g/mol. The number of carbonyl (C=O) groups excluding carboxylic acids is 2. The maximum absolute atomic E-state index is 13.0. The second-order valence-corrected chi connectivity index (χ2v) is 7.93. The van der Waals surface area contributed by atoms with Crippen molar-refractivity contribution in [1.29, 1.82) is 0 Å². The van der Waals surface area contributed by atoms with Gasteiger partial charge in [-0.15, -0.1) is 0 Å². The Morgan fingerprint density at radius 1 is 0.912 bits per heavy atom. The van der Waals surface area contributed by atoms with Crippen LogP contribution in [-0.4, -0.2) is 27.8 Å². The van der Waals surface area contributed by atoms with Gasteiger partial charge in [-0.1, -0.05) is 67.6 Å². The second-order valence-electron chi connectivity index (χ2n) is 7.93. The zero-order valence-electron chi connectivity index (χ0n) is 19.0. The number of benzene rings is 3. The zero-order valence-corrected chi connectivity index (χ0v) is 19.0. The third-order valence-electron chi connectivity index (χ3n) is 5.52. The number of fused-ring (bicyclic) bond motifs is 1. The number of rotatable bonds is 7. The molecule has 0 aliphatic heterocycles. The summed E-state index contributed by atoms with van der Waals surface area (Å²) in [4.78, 5) is 38.6. The van der Waals surface area contributed by atoms with Gasteiger partial charge in [0.25, 0.3) is 11.5 Å². The Balaban J connectivity index is 1.57. The predicted molar refractivity (Wildman–Crippen MR) is 131 cm³/mol. The Morgan fingerprint density at radius 2 is 1.56 bits per heavy atom. The molecule has 7 heteroatoms. The van der Waals surface area contributed by atoms with Crippen LogP contribution < -0.4 is 10.9 Å². The molecule has 1 unspecified atom stereocenters. The molecule has 7 nitrogen and oxygen atoms in total. The monoisotopic (exact) mass is 455 g/mol. The smallest absolute Gasteiger partial charge is 0.360 e. The lowest BCUT2D eigenvalue weighted by molar-refractivity contribution is -0.123. The van der Waals surface area contributed by atoms with Crippen molar-refractivity contribution in [2.75, 3.05) is 5.32 Å². The molecule has 0 aliphatic rings. The Hall–Kier alpha value is -4.26. The summed E-state index contributed by atoms with van der Waals surface area (Å²) in [5, 5.41) is 7.79. The van der Waals surface area contributed by atoms with Crippen LogP contribution in [0.1, 0.15) is 35.5 Å². The van der Waals surface area contributed by atoms with Crippen LogP contribution in [0.15, 0.2) is 83.7 Å². The number of anilines is 1. The molecule has 4 aromatic rings. The van der Waals surface area contributed by atoms with Crippen molar-refractivity contribution in [3.63, 3.8) is 0 Å². The van der Waals surface area contributed by atoms with Gasteiger partial charge in [0, 0.05) is 11.1 Å². The van der Waals surface area contributed by atoms with Crippen molar-refractivity contribution < 1.29 is 14.3 Å². The molecule has 1 amide bonds. The Morgan fingerprint density at radius 3 is 2.24 bits per heavy atom. The predicted octanol–water partition coefficient (Wildman–Crippen LogP) is 4.19. The number of amides is 1. The highest BCUT2D eigenvalue weighted by atomic mass is 16.5. The van der Waals surface area contributed by atoms with Crippen molar-refractivity contribution in [3.8, 4) is 0 Å². The van der Waals surface area contributed by atoms with E-state index in [2.05, 4.69) is 17.3 Å². The normalized spacial score (nSPS) is 11.7. The molecule has 0 saturated heterocycles. The summed E-state index contributed by atoms with van der Waals surface area (Å²) in [6, 6.07) is 23.6. The van der Waals surface area contributed by atoms with E-state index in [1.807, 2.05) is 42.5 Å². The molecular weight excluding hydrogens is 430 g/mol. The van der Waals surface area contributed by atoms with Gasteiger partial charge in [0.15, 0.2) is 11.8 Å². The number of aryl methyl sites for hydroxylation is 1. The van der Waals surface area contributed by atoms with Crippen molar-refractivity contribution in [3.05, 3.63) is 106 Å². The number of carbonyl (C=O) groups is 2. The third-order valence-corrected chi connectivity index (χ3v) is 5.52. The van der Waals surface area contributed by atoms with E-state index in [0.717, 1.165) is 17.5 Å². The molecule has 34 heavy (non-hydrogen) atoms. The van der Waals surface area contributed by atoms with E-state index in [-0.39, 0.29) is 17.8 Å². The van der Waals surface area contributed by atoms with E-state index < -0.39 is 18.0 Å². The molecule has 1 aromatic heterocycles. The SMILES string of the molecule is CCc1ccc(NC(=O)C(C)OC(=O)c2nn(Cc3ccccc3)c(=O)c3ccccc23)cc1. The van der Waals surface area contributed by atoms with Crippen LogP contribution in [0.4, 0.5) is 5.69 Å². The maximum Gasteiger partial charge on any atom is 0.360 e. The van der Waals surface area contributed by atoms with E-state index in [1.54, 1.807) is 36.4 Å². The van der Waals surface area contributed by atoms with Crippen LogP contribution in [0.25, 0.3) is 10.8 Å². The van der Waals surface area contributed by atoms with Crippen LogP contribution in [0, 0.1) is 0 Å². The highest BCUT2D eigenvalue weighted by molar-refractivity contribution is 6.03. The molecule has 1 atom stereocenters. The van der Waals surface area contributed by atoms with E-state index in [9.17, 15) is 14.4 Å². The average Bonchev–Trinajstić information content (AvgIpc) is 2.86. The lowest BCUT2D eigenvalue weighted by atomic mass is 10.1. The molecular formula is C27H25N3O4. The van der Waals surface area contributed by atoms with E-state index >= 15 is 0 Å². The van der Waals surface area contributed by atoms with Crippen LogP contribution in [0.2, 0.25) is 0 Å². The van der Waals surface area contributed by atoms with Gasteiger partial charge in [0.05, 0.1) is 11.9 Å². The molecule has 0 saturated carbocycles. The summed E-state index contributed by atoms with van der Waals surface area (Å²) < 4.78 is 6.68. The largest absolute Gasteiger partial charge is 0.448 e. The van der Waals surface area contributed by atoms with Gasteiger partial charge < -0.3 is 10.1 Å². The minimum atomic E-state index is -1.06. The number of nitrogens with one attached hydrogen (secondary N) is 1. The van der Waals surface area contributed by atoms with Crippen LogP contribution >= 0.6 is 0 Å². The standard InChI is InChI=1S/C27H25N3O4/c1-3-19-13-15-21(16-14-19)28-25(31)18(2)34-27(33)24-22-11-7-8-12-23(22)26(32)30(29-24)17-20-9-5-4-6-10-20/h4-16,18H,3,17H2,1-2H3,(H,28,31). The number of nitrogens with zero attached hydrogens (tertiary/aromatic N) is 2. The molecule has 0 aliphatic carbocycles. The Bertz CT molecular complexity index is 1380. The Kier molecular flexibility index (Phi) is 6.82. The fourth-order valence-electron chi connectivity index (χ4n) is 3.59. The van der Waals surface area contributed by atoms with Crippen LogP contribution in [0.3, 0.4) is 0 Å². The molecule has 172 valence electrons. The summed E-state index contributed by atoms with van der Waals surface area (Å²) in [7, 11) is 0. The summed E-state index contributed by atoms with van der Waals surface area (Å²) in [5.41, 5.74) is 2.31. The van der Waals surface area contributed by atoms with Crippen molar-refractivity contribution >= 4 is 28.3 Å². The van der Waals surface area contributed by atoms with E-state index in [1.165, 1.54) is 11.6 Å². The van der Waals surface area contributed by atoms with Gasteiger partial charge in [0.1, 0.15) is 0 Å². The van der Waals surface area contributed by atoms with Gasteiger partial charge >= 0.3 is 5.97 Å². The maximum atomic E-state index is 13.0. The fourth-order valence-corrected chi connectivity index (χ4v) is 3.59. The first-order valence-corrected chi connectivity index (χ1v) is 11.1. The molecule has 4 rings (SSSR count). The first-order chi connectivity index (χ1) is 16.5. The van der Waals surface area contributed by atoms with Gasteiger partial charge in [-0.2, -0.15) is 5.10 Å². The third kappa shape index (κ3) is 5.04. The molecule has 0 bridgehead atoms. The summed E-state index contributed by atoms with van der Waals surface area (Å²) in [6.07, 6.45) is -0.163. The van der Waals surface area contributed by atoms with Crippen LogP contribution in [0.5, 0.6) is 0 Å². The highest BCUT2D eigenvalue weighted by Gasteiger charge is 2.23. The number of ether oxygens (including phenoxy) is 1. The molecule has 0 fully saturated rings. The lowest BCUT2D eigenvalue weighted by Gasteiger charge is -2.15. The fraction of sp³-hybridized carbons (Fsp3) is 0.185. The number of aromatic nitrogens is 2. The minimum Gasteiger partial charge on any atom is -0.448 e. The summed E-state index contributed by atoms with van der Waals surface area (Å²) in [5.74, 6) is -1.23. The molecule has 1 N–H and O–H groups in total. The van der Waals surface area contributed by atoms with Crippen LogP contribution in [-0.2, 0) is 22.5 Å². The summed E-state index contributed by atoms with van der Waals surface area (Å²) >= 11 is 0. The van der Waals surface area contributed by atoms with Crippen molar-refractivity contribution in [1.82, 2.24) is 9.78 Å². The number of hydrogen-bond acceptors (Lipinski definition) is 5. The number of hydrogen-bond donors (Lipinski definition) is 1. The van der Waals surface area contributed by atoms with Crippen molar-refractivity contribution in [2.45, 2.75) is 32.9 Å². The van der Waals surface area contributed by atoms with Gasteiger partial charge in [-0.05, 0) is 42.7 Å². The lowest BCUT2D eigenvalue weighted by Crippen LogP contribution is -2.32. The first-order valence-electron chi connectivity index (χ1n) is 11.1. The van der Waals surface area contributed by atoms with Gasteiger partial charge in [-0.3, -0.25) is 9.59 Å². The Labute approximate surface area is 197 Å². The molecule has 3 aromatic carbocycles. The highest BCUT2D eigenvalue weighted by Crippen LogP contribution is 2.16. The minimum absolute atomic E-state index is 0.0157.